The zero-order valence-electron chi connectivity index (χ0n) is 12.6. The molecule has 0 unspecified atom stereocenters. The van der Waals surface area contributed by atoms with Crippen molar-refractivity contribution in [2.45, 2.75) is 5.92 Å². The van der Waals surface area contributed by atoms with Gasteiger partial charge in [-0.25, -0.2) is 0 Å². The van der Waals surface area contributed by atoms with Crippen molar-refractivity contribution in [3.05, 3.63) is 64.7 Å². The van der Waals surface area contributed by atoms with Gasteiger partial charge in [0, 0.05) is 21.8 Å². The lowest BCUT2D eigenvalue weighted by molar-refractivity contribution is -0.158. The molecule has 0 aromatic heterocycles. The van der Waals surface area contributed by atoms with Crippen LogP contribution in [-0.4, -0.2) is 29.2 Å². The van der Waals surface area contributed by atoms with Crippen LogP contribution in [0.2, 0.25) is 5.02 Å². The van der Waals surface area contributed by atoms with Gasteiger partial charge in [-0.3, -0.25) is 19.3 Å². The monoisotopic (exact) mass is 364 g/mol. The number of fused-ring (bicyclic) bond motifs is 1. The van der Waals surface area contributed by atoms with Crippen LogP contribution < -0.4 is 5.32 Å². The van der Waals surface area contributed by atoms with E-state index in [4.69, 9.17) is 11.6 Å². The number of amides is 3. The lowest BCUT2D eigenvalue weighted by Crippen LogP contribution is -2.52. The highest BCUT2D eigenvalue weighted by Crippen LogP contribution is 2.37. The van der Waals surface area contributed by atoms with Crippen LogP contribution in [0.3, 0.4) is 0 Å². The molecular weight excluding hydrogens is 354 g/mol. The van der Waals surface area contributed by atoms with E-state index in [-0.39, 0.29) is 10.5 Å². The molecule has 0 atom stereocenters. The second kappa shape index (κ2) is 6.25. The van der Waals surface area contributed by atoms with Crippen molar-refractivity contribution in [3.8, 4) is 0 Å². The summed E-state index contributed by atoms with van der Waals surface area (Å²) >= 11 is 5.73. The third-order valence-electron chi connectivity index (χ3n) is 3.68. The lowest BCUT2D eigenvalue weighted by Gasteiger charge is -2.31. The van der Waals surface area contributed by atoms with Gasteiger partial charge < -0.3 is 5.32 Å². The van der Waals surface area contributed by atoms with Crippen molar-refractivity contribution >= 4 is 35.0 Å². The highest BCUT2D eigenvalue weighted by molar-refractivity contribution is 6.30. The normalized spacial score (nSPS) is 15.7. The number of carbonyl (C=O) groups is 3. The number of hydrogen-bond donors (Lipinski definition) is 1. The lowest BCUT2D eigenvalue weighted by atomic mass is 9.95. The molecule has 3 rings (SSSR count). The van der Waals surface area contributed by atoms with Crippen LogP contribution in [0.25, 0.3) is 0 Å². The molecular formula is C17H11ClF2N2O3. The maximum atomic E-state index is 14.2. The van der Waals surface area contributed by atoms with Crippen molar-refractivity contribution in [2.75, 3.05) is 11.9 Å². The summed E-state index contributed by atoms with van der Waals surface area (Å²) in [5, 5.41) is 2.87. The molecule has 1 N–H and O–H groups in total. The van der Waals surface area contributed by atoms with Gasteiger partial charge in [0.2, 0.25) is 5.91 Å². The highest BCUT2D eigenvalue weighted by atomic mass is 35.5. The van der Waals surface area contributed by atoms with E-state index >= 15 is 0 Å². The molecule has 25 heavy (non-hydrogen) atoms. The number of carbonyl (C=O) groups excluding carboxylic acids is 3. The number of nitrogens with one attached hydrogen (secondary N) is 1. The van der Waals surface area contributed by atoms with Gasteiger partial charge in [-0.05, 0) is 30.3 Å². The standard InChI is InChI=1S/C17H11ClF2N2O3/c18-10-5-7-11(8-6-10)21-14(23)9-22-15(24)12-3-1-2-4-13(12)17(19,20)16(22)25/h1-8H,9H2,(H,21,23). The summed E-state index contributed by atoms with van der Waals surface area (Å²) in [7, 11) is 0. The van der Waals surface area contributed by atoms with E-state index in [0.717, 1.165) is 6.07 Å². The summed E-state index contributed by atoms with van der Waals surface area (Å²) in [6.45, 7) is -0.815. The molecule has 0 bridgehead atoms. The number of imide groups is 1. The molecule has 128 valence electrons. The van der Waals surface area contributed by atoms with Gasteiger partial charge in [0.1, 0.15) is 6.54 Å². The Morgan fingerprint density at radius 1 is 1.08 bits per heavy atom. The fourth-order valence-electron chi connectivity index (χ4n) is 2.49. The number of halogens is 3. The van der Waals surface area contributed by atoms with Gasteiger partial charge >= 0.3 is 11.8 Å². The third-order valence-corrected chi connectivity index (χ3v) is 3.94. The van der Waals surface area contributed by atoms with Crippen LogP contribution in [0.5, 0.6) is 0 Å². The number of alkyl halides is 2. The summed E-state index contributed by atoms with van der Waals surface area (Å²) < 4.78 is 28.5. The first-order valence-electron chi connectivity index (χ1n) is 7.20. The summed E-state index contributed by atoms with van der Waals surface area (Å²) in [5.74, 6) is -7.30. The maximum Gasteiger partial charge on any atom is 0.351 e. The minimum Gasteiger partial charge on any atom is -0.325 e. The van der Waals surface area contributed by atoms with Gasteiger partial charge in [-0.2, -0.15) is 8.78 Å². The molecule has 1 aliphatic rings. The maximum absolute atomic E-state index is 14.2. The van der Waals surface area contributed by atoms with E-state index in [0.29, 0.717) is 10.7 Å². The van der Waals surface area contributed by atoms with Crippen LogP contribution in [0.1, 0.15) is 15.9 Å². The zero-order valence-corrected chi connectivity index (χ0v) is 13.4. The van der Waals surface area contributed by atoms with Gasteiger partial charge in [-0.15, -0.1) is 0 Å². The first kappa shape index (κ1) is 17.0. The van der Waals surface area contributed by atoms with Crippen LogP contribution >= 0.6 is 11.6 Å². The third kappa shape index (κ3) is 3.10. The topological polar surface area (TPSA) is 66.5 Å². The van der Waals surface area contributed by atoms with Crippen molar-refractivity contribution in [2.24, 2.45) is 0 Å². The van der Waals surface area contributed by atoms with Gasteiger partial charge in [-0.1, -0.05) is 29.8 Å². The van der Waals surface area contributed by atoms with Gasteiger partial charge in [0.25, 0.3) is 5.91 Å². The van der Waals surface area contributed by atoms with E-state index in [9.17, 15) is 23.2 Å². The van der Waals surface area contributed by atoms with Crippen molar-refractivity contribution in [1.29, 1.82) is 0 Å². The summed E-state index contributed by atoms with van der Waals surface area (Å²) in [6, 6.07) is 11.0. The van der Waals surface area contributed by atoms with E-state index in [1.807, 2.05) is 0 Å². The summed E-state index contributed by atoms with van der Waals surface area (Å²) in [5.41, 5.74) is -0.593. The Labute approximate surface area is 146 Å². The smallest absolute Gasteiger partial charge is 0.325 e. The number of rotatable bonds is 3. The number of hydrogen-bond acceptors (Lipinski definition) is 3. The summed E-state index contributed by atoms with van der Waals surface area (Å²) in [4.78, 5) is 36.6. The van der Waals surface area contributed by atoms with Crippen LogP contribution in [0, 0.1) is 0 Å². The molecule has 0 aliphatic carbocycles. The molecule has 2 aromatic rings. The highest BCUT2D eigenvalue weighted by Gasteiger charge is 2.52. The first-order valence-corrected chi connectivity index (χ1v) is 7.57. The molecule has 8 heteroatoms. The fraction of sp³-hybridized carbons (Fsp3) is 0.118. The predicted molar refractivity (Wildman–Crippen MR) is 86.5 cm³/mol. The van der Waals surface area contributed by atoms with E-state index in [1.165, 1.54) is 42.5 Å². The minimum absolute atomic E-state index is 0.258. The van der Waals surface area contributed by atoms with Crippen molar-refractivity contribution < 1.29 is 23.2 Å². The molecule has 5 nitrogen and oxygen atoms in total. The van der Waals surface area contributed by atoms with Crippen molar-refractivity contribution in [3.63, 3.8) is 0 Å². The average Bonchev–Trinajstić information content (AvgIpc) is 2.59. The summed E-state index contributed by atoms with van der Waals surface area (Å²) in [6.07, 6.45) is 0. The second-order valence-electron chi connectivity index (χ2n) is 5.37. The quantitative estimate of drug-likeness (QED) is 0.851. The van der Waals surface area contributed by atoms with E-state index < -0.39 is 35.8 Å². The Morgan fingerprint density at radius 3 is 2.40 bits per heavy atom. The van der Waals surface area contributed by atoms with Crippen LogP contribution in [-0.2, 0) is 15.5 Å². The Bertz CT molecular complexity index is 868. The number of nitrogens with zero attached hydrogens (tertiary/aromatic N) is 1. The Kier molecular flexibility index (Phi) is 4.26. The largest absolute Gasteiger partial charge is 0.351 e. The minimum atomic E-state index is -3.87. The second-order valence-corrected chi connectivity index (χ2v) is 5.81. The van der Waals surface area contributed by atoms with Crippen LogP contribution in [0.15, 0.2) is 48.5 Å². The molecule has 1 heterocycles. The molecule has 3 amide bonds. The molecule has 1 aliphatic heterocycles. The van der Waals surface area contributed by atoms with Gasteiger partial charge in [0.05, 0.1) is 0 Å². The SMILES string of the molecule is O=C(CN1C(=O)c2ccccc2C(F)(F)C1=O)Nc1ccc(Cl)cc1. The average molecular weight is 365 g/mol. The first-order chi connectivity index (χ1) is 11.8. The molecule has 2 aromatic carbocycles. The van der Waals surface area contributed by atoms with Crippen LogP contribution in [0.4, 0.5) is 14.5 Å². The zero-order chi connectivity index (χ0) is 18.2. The van der Waals surface area contributed by atoms with E-state index in [2.05, 4.69) is 5.32 Å². The molecule has 0 radical (unpaired) electrons. The Balaban J connectivity index is 1.83. The fourth-order valence-corrected chi connectivity index (χ4v) is 2.61. The molecule has 0 saturated carbocycles. The number of benzene rings is 2. The van der Waals surface area contributed by atoms with Gasteiger partial charge in [0.15, 0.2) is 0 Å². The molecule has 0 saturated heterocycles. The molecule has 0 spiro atoms. The predicted octanol–water partition coefficient (Wildman–Crippen LogP) is 3.05. The Morgan fingerprint density at radius 2 is 1.72 bits per heavy atom. The van der Waals surface area contributed by atoms with Crippen molar-refractivity contribution in [1.82, 2.24) is 4.90 Å². The Hall–Kier alpha value is -2.80. The number of anilines is 1. The molecule has 0 fully saturated rings. The van der Waals surface area contributed by atoms with E-state index in [1.54, 1.807) is 0 Å².